The first-order valence-corrected chi connectivity index (χ1v) is 10.2. The summed E-state index contributed by atoms with van der Waals surface area (Å²) in [6.07, 6.45) is 7.05. The first-order valence-electron chi connectivity index (χ1n) is 10.2. The van der Waals surface area contributed by atoms with Gasteiger partial charge in [0, 0.05) is 35.1 Å². The molecule has 0 atom stereocenters. The Kier molecular flexibility index (Phi) is 4.07. The molecule has 5 heterocycles. The van der Waals surface area contributed by atoms with Crippen LogP contribution in [-0.4, -0.2) is 30.1 Å². The van der Waals surface area contributed by atoms with Crippen LogP contribution in [0.25, 0.3) is 55.7 Å². The third-order valence-corrected chi connectivity index (χ3v) is 5.52. The Balaban J connectivity index is 1.52. The summed E-state index contributed by atoms with van der Waals surface area (Å²) in [5.41, 5.74) is 8.23. The van der Waals surface area contributed by atoms with Crippen molar-refractivity contribution >= 4 is 21.9 Å². The van der Waals surface area contributed by atoms with Crippen LogP contribution >= 0.6 is 0 Å². The molecule has 7 heteroatoms. The van der Waals surface area contributed by atoms with Crippen LogP contribution in [0.15, 0.2) is 73.3 Å². The molecule has 32 heavy (non-hydrogen) atoms. The predicted octanol–water partition coefficient (Wildman–Crippen LogP) is 5.68. The smallest absolute Gasteiger partial charge is 0.135 e. The number of pyridine rings is 3. The van der Waals surface area contributed by atoms with Crippen LogP contribution in [0, 0.1) is 12.7 Å². The third-order valence-electron chi connectivity index (χ3n) is 5.52. The van der Waals surface area contributed by atoms with Crippen LogP contribution in [-0.2, 0) is 0 Å². The maximum Gasteiger partial charge on any atom is 0.135 e. The molecule has 6 nitrogen and oxygen atoms in total. The van der Waals surface area contributed by atoms with Crippen molar-refractivity contribution in [1.29, 1.82) is 0 Å². The molecule has 154 valence electrons. The number of halogens is 1. The van der Waals surface area contributed by atoms with Crippen molar-refractivity contribution in [2.45, 2.75) is 6.92 Å². The molecule has 0 amide bonds. The van der Waals surface area contributed by atoms with Crippen molar-refractivity contribution in [2.24, 2.45) is 0 Å². The summed E-state index contributed by atoms with van der Waals surface area (Å²) in [7, 11) is 0. The van der Waals surface area contributed by atoms with E-state index in [4.69, 9.17) is 4.98 Å². The number of benzene rings is 1. The average molecular weight is 420 g/mol. The number of H-pyrrole nitrogens is 2. The Morgan fingerprint density at radius 3 is 2.66 bits per heavy atom. The van der Waals surface area contributed by atoms with Gasteiger partial charge in [0.1, 0.15) is 17.0 Å². The Morgan fingerprint density at radius 1 is 0.875 bits per heavy atom. The normalized spacial score (nSPS) is 11.4. The summed E-state index contributed by atoms with van der Waals surface area (Å²) in [6.45, 7) is 1.88. The van der Waals surface area contributed by atoms with Crippen molar-refractivity contribution in [3.8, 4) is 33.8 Å². The SMILES string of the molecule is Cc1cc(F)cc(-c2cncc3[nH]c(-c4n[nH]c5ccc(-c6cccnc6)nc45)cc23)c1. The lowest BCUT2D eigenvalue weighted by molar-refractivity contribution is 0.627. The van der Waals surface area contributed by atoms with Crippen LogP contribution in [0.3, 0.4) is 0 Å². The highest BCUT2D eigenvalue weighted by molar-refractivity contribution is 6.00. The van der Waals surface area contributed by atoms with E-state index in [1.54, 1.807) is 24.8 Å². The molecule has 0 aliphatic carbocycles. The number of aryl methyl sites for hydroxylation is 1. The fourth-order valence-corrected chi connectivity index (χ4v) is 4.06. The number of hydrogen-bond acceptors (Lipinski definition) is 4. The molecule has 1 aromatic carbocycles. The Labute approximate surface area is 182 Å². The number of rotatable bonds is 3. The monoisotopic (exact) mass is 420 g/mol. The van der Waals surface area contributed by atoms with Gasteiger partial charge < -0.3 is 4.98 Å². The molecule has 6 aromatic rings. The van der Waals surface area contributed by atoms with Crippen LogP contribution in [0.4, 0.5) is 4.39 Å². The minimum absolute atomic E-state index is 0.266. The van der Waals surface area contributed by atoms with Gasteiger partial charge in [-0.1, -0.05) is 6.07 Å². The van der Waals surface area contributed by atoms with Gasteiger partial charge in [0.05, 0.1) is 28.6 Å². The van der Waals surface area contributed by atoms with Gasteiger partial charge in [0.2, 0.25) is 0 Å². The lowest BCUT2D eigenvalue weighted by atomic mass is 10.0. The molecule has 0 aliphatic heterocycles. The molecule has 6 rings (SSSR count). The highest BCUT2D eigenvalue weighted by Gasteiger charge is 2.16. The predicted molar refractivity (Wildman–Crippen MR) is 122 cm³/mol. The zero-order valence-electron chi connectivity index (χ0n) is 17.1. The van der Waals surface area contributed by atoms with Gasteiger partial charge in [-0.15, -0.1) is 0 Å². The van der Waals surface area contributed by atoms with Gasteiger partial charge in [0.15, 0.2) is 0 Å². The van der Waals surface area contributed by atoms with E-state index < -0.39 is 0 Å². The van der Waals surface area contributed by atoms with Gasteiger partial charge in [-0.2, -0.15) is 5.10 Å². The molecule has 5 aromatic heterocycles. The van der Waals surface area contributed by atoms with Gasteiger partial charge in [-0.3, -0.25) is 15.1 Å². The van der Waals surface area contributed by atoms with E-state index >= 15 is 0 Å². The number of aromatic nitrogens is 6. The summed E-state index contributed by atoms with van der Waals surface area (Å²) < 4.78 is 14.0. The Hall–Kier alpha value is -4.39. The van der Waals surface area contributed by atoms with Crippen LogP contribution in [0.2, 0.25) is 0 Å². The summed E-state index contributed by atoms with van der Waals surface area (Å²) in [6, 6.07) is 14.8. The molecule has 0 spiro atoms. The Morgan fingerprint density at radius 2 is 1.81 bits per heavy atom. The fraction of sp³-hybridized carbons (Fsp3) is 0.0400. The lowest BCUT2D eigenvalue weighted by Gasteiger charge is -2.05. The number of aromatic amines is 2. The van der Waals surface area contributed by atoms with E-state index in [1.807, 2.05) is 43.3 Å². The minimum Gasteiger partial charge on any atom is -0.352 e. The maximum absolute atomic E-state index is 14.0. The molecule has 0 radical (unpaired) electrons. The zero-order valence-corrected chi connectivity index (χ0v) is 17.1. The first-order chi connectivity index (χ1) is 15.7. The largest absolute Gasteiger partial charge is 0.352 e. The first kappa shape index (κ1) is 18.4. The summed E-state index contributed by atoms with van der Waals surface area (Å²) in [5, 5.41) is 8.51. The standard InChI is InChI=1S/C25H17FN6/c1-14-7-16(9-17(26)8-14)19-12-28-13-23-18(19)10-22(29-23)25-24-21(31-32-25)5-4-20(30-24)15-3-2-6-27-11-15/h2-13,29H,1H3,(H,31,32). The fourth-order valence-electron chi connectivity index (χ4n) is 4.06. The van der Waals surface area contributed by atoms with E-state index in [-0.39, 0.29) is 5.82 Å². The van der Waals surface area contributed by atoms with Crippen molar-refractivity contribution < 1.29 is 4.39 Å². The van der Waals surface area contributed by atoms with E-state index in [2.05, 4.69) is 25.1 Å². The lowest BCUT2D eigenvalue weighted by Crippen LogP contribution is -1.86. The van der Waals surface area contributed by atoms with Crippen molar-refractivity contribution in [3.63, 3.8) is 0 Å². The summed E-state index contributed by atoms with van der Waals surface area (Å²) in [5.74, 6) is -0.266. The topological polar surface area (TPSA) is 83.1 Å². The van der Waals surface area contributed by atoms with Crippen molar-refractivity contribution in [2.75, 3.05) is 0 Å². The molecular weight excluding hydrogens is 403 g/mol. The molecule has 0 unspecified atom stereocenters. The maximum atomic E-state index is 14.0. The second-order valence-electron chi connectivity index (χ2n) is 7.76. The van der Waals surface area contributed by atoms with E-state index in [9.17, 15) is 4.39 Å². The molecule has 0 aliphatic rings. The zero-order chi connectivity index (χ0) is 21.7. The van der Waals surface area contributed by atoms with E-state index in [0.29, 0.717) is 5.69 Å². The molecule has 2 N–H and O–H groups in total. The number of hydrogen-bond donors (Lipinski definition) is 2. The average Bonchev–Trinajstić information content (AvgIpc) is 3.42. The van der Waals surface area contributed by atoms with E-state index in [0.717, 1.165) is 55.6 Å². The van der Waals surface area contributed by atoms with Crippen molar-refractivity contribution in [3.05, 3.63) is 84.7 Å². The van der Waals surface area contributed by atoms with E-state index in [1.165, 1.54) is 12.1 Å². The molecule has 0 bridgehead atoms. The number of nitrogens with one attached hydrogen (secondary N) is 2. The quantitative estimate of drug-likeness (QED) is 0.386. The molecular formula is C25H17FN6. The van der Waals surface area contributed by atoms with Gasteiger partial charge in [-0.25, -0.2) is 9.37 Å². The summed E-state index contributed by atoms with van der Waals surface area (Å²) in [4.78, 5) is 16.8. The van der Waals surface area contributed by atoms with Gasteiger partial charge >= 0.3 is 0 Å². The molecule has 0 fully saturated rings. The second kappa shape index (κ2) is 7.09. The number of nitrogens with zero attached hydrogens (tertiary/aromatic N) is 4. The van der Waals surface area contributed by atoms with Crippen LogP contribution in [0.1, 0.15) is 5.56 Å². The van der Waals surface area contributed by atoms with Crippen LogP contribution < -0.4 is 0 Å². The van der Waals surface area contributed by atoms with Crippen molar-refractivity contribution in [1.82, 2.24) is 30.1 Å². The molecule has 0 saturated carbocycles. The highest BCUT2D eigenvalue weighted by atomic mass is 19.1. The molecule has 0 saturated heterocycles. The second-order valence-corrected chi connectivity index (χ2v) is 7.76. The third kappa shape index (κ3) is 3.02. The Bertz CT molecular complexity index is 1580. The summed E-state index contributed by atoms with van der Waals surface area (Å²) >= 11 is 0. The van der Waals surface area contributed by atoms with Gasteiger partial charge in [-0.05, 0) is 60.5 Å². The number of fused-ring (bicyclic) bond motifs is 2. The minimum atomic E-state index is -0.266. The highest BCUT2D eigenvalue weighted by Crippen LogP contribution is 2.34. The van der Waals surface area contributed by atoms with Gasteiger partial charge in [0.25, 0.3) is 0 Å². The van der Waals surface area contributed by atoms with Crippen LogP contribution in [0.5, 0.6) is 0 Å².